The van der Waals surface area contributed by atoms with E-state index in [0.717, 1.165) is 18.6 Å². The Balaban J connectivity index is 0.000000285. The number of aliphatic hydroxyl groups excluding tert-OH is 1. The van der Waals surface area contributed by atoms with Crippen LogP contribution in [0.15, 0.2) is 46.2 Å². The largest absolute Gasteiger partial charge is 0.573 e. The summed E-state index contributed by atoms with van der Waals surface area (Å²) in [6, 6.07) is 9.22. The maximum atomic E-state index is 12.6. The van der Waals surface area contributed by atoms with Crippen molar-refractivity contribution in [1.82, 2.24) is 4.31 Å². The molecule has 1 aliphatic heterocycles. The van der Waals surface area contributed by atoms with Crippen LogP contribution in [0, 0.1) is 23.1 Å². The van der Waals surface area contributed by atoms with Gasteiger partial charge in [-0.3, -0.25) is 0 Å². The number of nitrogens with zero attached hydrogens (tertiary/aromatic N) is 2. The molecule has 1 heterocycles. The van der Waals surface area contributed by atoms with Crippen molar-refractivity contribution in [3.63, 3.8) is 0 Å². The molecule has 1 N–H and O–H groups in total. The average Bonchev–Trinajstić information content (AvgIpc) is 3.16. The van der Waals surface area contributed by atoms with Crippen LogP contribution in [0.5, 0.6) is 5.75 Å². The second-order valence-corrected chi connectivity index (χ2v) is 8.77. The van der Waals surface area contributed by atoms with Crippen LogP contribution in [0.3, 0.4) is 0 Å². The second kappa shape index (κ2) is 11.2. The molecule has 31 heavy (non-hydrogen) atoms. The van der Waals surface area contributed by atoms with Gasteiger partial charge in [-0.2, -0.15) is 5.26 Å². The Labute approximate surface area is 189 Å². The maximum Gasteiger partial charge on any atom is 0.573 e. The molecule has 0 aromatic heterocycles. The third kappa shape index (κ3) is 7.66. The van der Waals surface area contributed by atoms with Gasteiger partial charge in [-0.05, 0) is 42.7 Å². The van der Waals surface area contributed by atoms with Gasteiger partial charge in [-0.1, -0.05) is 11.6 Å². The SMILES string of the molecule is N#Cc1ccc(S)cc1F.O=S(c1ccc(OC(F)(F)F)cc1Cl)N1CCC(CO)C1. The van der Waals surface area contributed by atoms with Gasteiger partial charge in [0.25, 0.3) is 0 Å². The molecule has 5 nitrogen and oxygen atoms in total. The summed E-state index contributed by atoms with van der Waals surface area (Å²) in [6.45, 7) is 1.01. The van der Waals surface area contributed by atoms with Crippen molar-refractivity contribution >= 4 is 35.2 Å². The molecule has 0 saturated carbocycles. The Hall–Kier alpha value is -1.84. The lowest BCUT2D eigenvalue weighted by molar-refractivity contribution is -0.274. The zero-order valence-electron chi connectivity index (χ0n) is 15.8. The Bertz CT molecular complexity index is 986. The Morgan fingerprint density at radius 3 is 2.55 bits per heavy atom. The van der Waals surface area contributed by atoms with Crippen LogP contribution in [-0.4, -0.2) is 39.7 Å². The third-order valence-corrected chi connectivity index (χ3v) is 6.38. The minimum Gasteiger partial charge on any atom is -0.406 e. The molecule has 3 rings (SSSR count). The van der Waals surface area contributed by atoms with Crippen LogP contribution < -0.4 is 4.74 Å². The molecule has 1 aliphatic rings. The van der Waals surface area contributed by atoms with E-state index in [1.165, 1.54) is 18.2 Å². The molecular weight excluding hydrogens is 480 g/mol. The molecule has 0 radical (unpaired) electrons. The molecule has 1 saturated heterocycles. The van der Waals surface area contributed by atoms with Crippen molar-refractivity contribution in [3.05, 3.63) is 52.8 Å². The average molecular weight is 497 g/mol. The van der Waals surface area contributed by atoms with E-state index in [1.807, 2.05) is 0 Å². The fraction of sp³-hybridized carbons (Fsp3) is 0.316. The smallest absolute Gasteiger partial charge is 0.406 e. The van der Waals surface area contributed by atoms with Crippen LogP contribution in [0.4, 0.5) is 17.6 Å². The van der Waals surface area contributed by atoms with E-state index in [0.29, 0.717) is 18.0 Å². The van der Waals surface area contributed by atoms with Crippen LogP contribution in [0.1, 0.15) is 12.0 Å². The van der Waals surface area contributed by atoms with Gasteiger partial charge in [0.2, 0.25) is 0 Å². The second-order valence-electron chi connectivity index (χ2n) is 6.39. The first-order valence-corrected chi connectivity index (χ1v) is 10.7. The number of alkyl halides is 3. The minimum atomic E-state index is -4.80. The number of benzene rings is 2. The molecule has 0 amide bonds. The standard InChI is InChI=1S/C12H13ClF3NO3S.C7H4FNS/c13-10-5-9(20-12(14,15)16)1-2-11(10)21(19)17-4-3-8(6-17)7-18;8-7-3-6(10)2-1-5(7)4-9/h1-2,5,8,18H,3-4,6-7H2;1-3,10H. The van der Waals surface area contributed by atoms with E-state index >= 15 is 0 Å². The van der Waals surface area contributed by atoms with Gasteiger partial charge < -0.3 is 9.84 Å². The Kier molecular flexibility index (Phi) is 9.14. The zero-order chi connectivity index (χ0) is 23.2. The predicted octanol–water partition coefficient (Wildman–Crippen LogP) is 4.56. The molecule has 12 heteroatoms. The Morgan fingerprint density at radius 1 is 1.32 bits per heavy atom. The fourth-order valence-corrected chi connectivity index (χ4v) is 4.51. The number of nitriles is 1. The minimum absolute atomic E-state index is 0.0137. The van der Waals surface area contributed by atoms with Crippen molar-refractivity contribution in [3.8, 4) is 11.8 Å². The van der Waals surface area contributed by atoms with E-state index in [2.05, 4.69) is 17.4 Å². The van der Waals surface area contributed by atoms with Gasteiger partial charge >= 0.3 is 6.36 Å². The highest BCUT2D eigenvalue weighted by atomic mass is 35.5. The molecule has 2 aromatic carbocycles. The summed E-state index contributed by atoms with van der Waals surface area (Å²) in [5, 5.41) is 17.3. The van der Waals surface area contributed by atoms with Gasteiger partial charge in [-0.25, -0.2) is 12.9 Å². The van der Waals surface area contributed by atoms with Crippen molar-refractivity contribution in [2.45, 2.75) is 22.6 Å². The van der Waals surface area contributed by atoms with E-state index in [4.69, 9.17) is 22.0 Å². The number of thiol groups is 1. The van der Waals surface area contributed by atoms with Gasteiger partial charge in [0.05, 0.1) is 15.5 Å². The molecular formula is C19H17ClF4N2O3S2. The number of aliphatic hydroxyl groups is 1. The molecule has 2 atom stereocenters. The van der Waals surface area contributed by atoms with Crippen LogP contribution >= 0.6 is 24.2 Å². The first kappa shape index (κ1) is 25.4. The summed E-state index contributed by atoms with van der Waals surface area (Å²) in [5.74, 6) is -0.918. The number of rotatable bonds is 4. The lowest BCUT2D eigenvalue weighted by Gasteiger charge is -2.16. The van der Waals surface area contributed by atoms with Crippen molar-refractivity contribution in [1.29, 1.82) is 5.26 Å². The van der Waals surface area contributed by atoms with Gasteiger partial charge in [0, 0.05) is 30.7 Å². The highest BCUT2D eigenvalue weighted by Gasteiger charge is 2.32. The zero-order valence-corrected chi connectivity index (χ0v) is 18.2. The number of hydrogen-bond donors (Lipinski definition) is 2. The summed E-state index contributed by atoms with van der Waals surface area (Å²) < 4.78 is 66.6. The number of halogens is 5. The van der Waals surface area contributed by atoms with Gasteiger partial charge in [-0.15, -0.1) is 25.8 Å². The lowest BCUT2D eigenvalue weighted by Crippen LogP contribution is -2.24. The van der Waals surface area contributed by atoms with Crippen LogP contribution in [0.2, 0.25) is 5.02 Å². The topological polar surface area (TPSA) is 73.6 Å². The van der Waals surface area contributed by atoms with E-state index < -0.39 is 28.9 Å². The summed E-state index contributed by atoms with van der Waals surface area (Å²) in [6.07, 6.45) is -4.08. The molecule has 1 fully saturated rings. The molecule has 2 unspecified atom stereocenters. The monoisotopic (exact) mass is 496 g/mol. The normalized spacial score (nSPS) is 17.4. The number of hydrogen-bond acceptors (Lipinski definition) is 5. The maximum absolute atomic E-state index is 12.6. The van der Waals surface area contributed by atoms with E-state index in [1.54, 1.807) is 16.4 Å². The van der Waals surface area contributed by atoms with E-state index in [-0.39, 0.29) is 28.0 Å². The molecule has 0 bridgehead atoms. The predicted molar refractivity (Wildman–Crippen MR) is 110 cm³/mol. The third-order valence-electron chi connectivity index (χ3n) is 4.14. The first-order valence-electron chi connectivity index (χ1n) is 8.75. The van der Waals surface area contributed by atoms with E-state index in [9.17, 15) is 21.8 Å². The lowest BCUT2D eigenvalue weighted by atomic mass is 10.1. The molecule has 0 aliphatic carbocycles. The van der Waals surface area contributed by atoms with Crippen molar-refractivity contribution in [2.75, 3.05) is 19.7 Å². The summed E-state index contributed by atoms with van der Waals surface area (Å²) in [5.41, 5.74) is 0.0535. The van der Waals surface area contributed by atoms with Crippen LogP contribution in [-0.2, 0) is 11.0 Å². The number of ether oxygens (including phenoxy) is 1. The Morgan fingerprint density at radius 2 is 2.03 bits per heavy atom. The first-order chi connectivity index (χ1) is 14.5. The highest BCUT2D eigenvalue weighted by Crippen LogP contribution is 2.31. The fourth-order valence-electron chi connectivity index (χ4n) is 2.65. The molecule has 2 aromatic rings. The quantitative estimate of drug-likeness (QED) is 0.481. The molecule has 0 spiro atoms. The summed E-state index contributed by atoms with van der Waals surface area (Å²) in [4.78, 5) is 0.751. The summed E-state index contributed by atoms with van der Waals surface area (Å²) in [7, 11) is -1.57. The summed E-state index contributed by atoms with van der Waals surface area (Å²) >= 11 is 9.78. The highest BCUT2D eigenvalue weighted by molar-refractivity contribution is 7.82. The van der Waals surface area contributed by atoms with Gasteiger partial charge in [0.15, 0.2) is 0 Å². The van der Waals surface area contributed by atoms with Crippen molar-refractivity contribution < 1.29 is 31.6 Å². The van der Waals surface area contributed by atoms with Crippen LogP contribution in [0.25, 0.3) is 0 Å². The van der Waals surface area contributed by atoms with Gasteiger partial charge in [0.1, 0.15) is 28.6 Å². The van der Waals surface area contributed by atoms with Crippen molar-refractivity contribution in [2.24, 2.45) is 5.92 Å². The molecule has 168 valence electrons.